The van der Waals surface area contributed by atoms with Gasteiger partial charge in [0.05, 0.1) is 0 Å². The number of urea groups is 1. The van der Waals surface area contributed by atoms with Crippen molar-refractivity contribution in [2.24, 2.45) is 5.73 Å². The lowest BCUT2D eigenvalue weighted by atomic mass is 10.0. The van der Waals surface area contributed by atoms with Crippen LogP contribution in [0.15, 0.2) is 0 Å². The molecule has 2 atom stereocenters. The smallest absolute Gasteiger partial charge is 0.380 e. The van der Waals surface area contributed by atoms with Gasteiger partial charge in [-0.3, -0.25) is 0 Å². The molecule has 1 saturated carbocycles. The molecule has 0 aromatic heterocycles. The first-order valence-electron chi connectivity index (χ1n) is 4.10. The van der Waals surface area contributed by atoms with E-state index in [1.54, 1.807) is 0 Å². The number of hydrogen-bond donors (Lipinski definition) is 3. The van der Waals surface area contributed by atoms with E-state index < -0.39 is 36.7 Å². The molecule has 7 heteroatoms. The molecule has 0 spiro atoms. The normalized spacial score (nSPS) is 33.0. The Morgan fingerprint density at radius 3 is 2.50 bits per heavy atom. The third kappa shape index (κ3) is 2.09. The average Bonchev–Trinajstić information content (AvgIpc) is 2.30. The highest BCUT2D eigenvalue weighted by Gasteiger charge is 2.57. The van der Waals surface area contributed by atoms with Gasteiger partial charge in [0.2, 0.25) is 0 Å². The maximum Gasteiger partial charge on any atom is 0.417 e. The van der Waals surface area contributed by atoms with Gasteiger partial charge in [0.15, 0.2) is 5.60 Å². The number of alkyl halides is 3. The highest BCUT2D eigenvalue weighted by molar-refractivity contribution is 5.72. The number of halogens is 3. The van der Waals surface area contributed by atoms with Crippen molar-refractivity contribution in [1.29, 1.82) is 0 Å². The molecule has 2 amide bonds. The third-order valence-electron chi connectivity index (χ3n) is 2.36. The van der Waals surface area contributed by atoms with E-state index in [0.717, 1.165) is 0 Å². The molecule has 14 heavy (non-hydrogen) atoms. The zero-order valence-corrected chi connectivity index (χ0v) is 7.27. The summed E-state index contributed by atoms with van der Waals surface area (Å²) < 4.78 is 36.8. The number of aliphatic hydroxyl groups is 1. The first kappa shape index (κ1) is 11.1. The topological polar surface area (TPSA) is 75.4 Å². The molecular formula is C7H11F3N2O2. The molecule has 1 aliphatic carbocycles. The molecule has 0 radical (unpaired) electrons. The zero-order valence-electron chi connectivity index (χ0n) is 7.27. The fourth-order valence-corrected chi connectivity index (χ4v) is 1.61. The van der Waals surface area contributed by atoms with Crippen LogP contribution < -0.4 is 11.1 Å². The Bertz CT molecular complexity index is 244. The van der Waals surface area contributed by atoms with Crippen LogP contribution in [0.4, 0.5) is 18.0 Å². The van der Waals surface area contributed by atoms with Crippen LogP contribution in [0.5, 0.6) is 0 Å². The number of carbonyl (C=O) groups excluding carboxylic acids is 1. The summed E-state index contributed by atoms with van der Waals surface area (Å²) in [5.74, 6) is 0. The Morgan fingerprint density at radius 2 is 2.14 bits per heavy atom. The van der Waals surface area contributed by atoms with E-state index in [0.29, 0.717) is 0 Å². The van der Waals surface area contributed by atoms with Crippen molar-refractivity contribution in [3.8, 4) is 0 Å². The van der Waals surface area contributed by atoms with Gasteiger partial charge in [-0.05, 0) is 12.8 Å². The van der Waals surface area contributed by atoms with Crippen LogP contribution >= 0.6 is 0 Å². The van der Waals surface area contributed by atoms with E-state index in [4.69, 9.17) is 5.73 Å². The van der Waals surface area contributed by atoms with Crippen molar-refractivity contribution < 1.29 is 23.1 Å². The minimum Gasteiger partial charge on any atom is -0.380 e. The molecule has 0 aliphatic heterocycles. The van der Waals surface area contributed by atoms with Gasteiger partial charge >= 0.3 is 12.2 Å². The fourth-order valence-electron chi connectivity index (χ4n) is 1.61. The van der Waals surface area contributed by atoms with Gasteiger partial charge in [-0.1, -0.05) is 0 Å². The number of carbonyl (C=O) groups is 1. The van der Waals surface area contributed by atoms with Gasteiger partial charge in [-0.15, -0.1) is 0 Å². The number of primary amides is 1. The Labute approximate surface area is 78.3 Å². The van der Waals surface area contributed by atoms with Crippen molar-refractivity contribution in [2.45, 2.75) is 37.1 Å². The second kappa shape index (κ2) is 3.30. The van der Waals surface area contributed by atoms with Gasteiger partial charge < -0.3 is 16.2 Å². The van der Waals surface area contributed by atoms with Crippen molar-refractivity contribution in [3.05, 3.63) is 0 Å². The first-order valence-corrected chi connectivity index (χ1v) is 4.10. The maximum atomic E-state index is 12.3. The third-order valence-corrected chi connectivity index (χ3v) is 2.36. The number of rotatable bonds is 1. The number of hydrogen-bond acceptors (Lipinski definition) is 2. The molecule has 1 fully saturated rings. The first-order chi connectivity index (χ1) is 6.24. The Hall–Kier alpha value is -0.980. The summed E-state index contributed by atoms with van der Waals surface area (Å²) in [5.41, 5.74) is 2.08. The number of nitrogens with two attached hydrogens (primary N) is 1. The number of amides is 2. The van der Waals surface area contributed by atoms with E-state index in [-0.39, 0.29) is 6.42 Å². The molecule has 4 nitrogen and oxygen atoms in total. The van der Waals surface area contributed by atoms with Gasteiger partial charge in [0.1, 0.15) is 0 Å². The molecule has 4 N–H and O–H groups in total. The molecule has 1 rings (SSSR count). The van der Waals surface area contributed by atoms with Crippen LogP contribution in [-0.2, 0) is 0 Å². The maximum absolute atomic E-state index is 12.3. The lowest BCUT2D eigenvalue weighted by molar-refractivity contribution is -0.257. The minimum absolute atomic E-state index is 0.0823. The van der Waals surface area contributed by atoms with E-state index in [1.165, 1.54) is 0 Å². The van der Waals surface area contributed by atoms with E-state index in [2.05, 4.69) is 5.32 Å². The summed E-state index contributed by atoms with van der Waals surface area (Å²) >= 11 is 0. The van der Waals surface area contributed by atoms with Gasteiger partial charge in [-0.2, -0.15) is 13.2 Å². The molecule has 0 aromatic rings. The van der Waals surface area contributed by atoms with E-state index in [1.807, 2.05) is 0 Å². The highest BCUT2D eigenvalue weighted by Crippen LogP contribution is 2.42. The molecule has 0 bridgehead atoms. The SMILES string of the molecule is NC(=O)N[C@@H]1CC[C@@](O)(C(F)(F)F)C1. The summed E-state index contributed by atoms with van der Waals surface area (Å²) in [7, 11) is 0. The largest absolute Gasteiger partial charge is 0.417 e. The highest BCUT2D eigenvalue weighted by atomic mass is 19.4. The predicted molar refractivity (Wildman–Crippen MR) is 41.4 cm³/mol. The zero-order chi connectivity index (χ0) is 11.0. The summed E-state index contributed by atoms with van der Waals surface area (Å²) in [4.78, 5) is 10.4. The van der Waals surface area contributed by atoms with Crippen LogP contribution in [0, 0.1) is 0 Å². The fraction of sp³-hybridized carbons (Fsp3) is 0.857. The van der Waals surface area contributed by atoms with Crippen molar-refractivity contribution in [2.75, 3.05) is 0 Å². The van der Waals surface area contributed by atoms with Crippen molar-refractivity contribution in [1.82, 2.24) is 5.32 Å². The van der Waals surface area contributed by atoms with Gasteiger partial charge in [0.25, 0.3) is 0 Å². The lowest BCUT2D eigenvalue weighted by Crippen LogP contribution is -2.45. The summed E-state index contributed by atoms with van der Waals surface area (Å²) in [6.07, 6.45) is -5.50. The van der Waals surface area contributed by atoms with Crippen LogP contribution in [0.25, 0.3) is 0 Å². The summed E-state index contributed by atoms with van der Waals surface area (Å²) in [6.45, 7) is 0. The van der Waals surface area contributed by atoms with Gasteiger partial charge in [0, 0.05) is 12.5 Å². The summed E-state index contributed by atoms with van der Waals surface area (Å²) in [5, 5.41) is 11.3. The van der Waals surface area contributed by atoms with E-state index in [9.17, 15) is 23.1 Å². The van der Waals surface area contributed by atoms with Crippen molar-refractivity contribution in [3.63, 3.8) is 0 Å². The van der Waals surface area contributed by atoms with Gasteiger partial charge in [-0.25, -0.2) is 4.79 Å². The van der Waals surface area contributed by atoms with Crippen molar-refractivity contribution >= 4 is 6.03 Å². The molecule has 0 heterocycles. The average molecular weight is 212 g/mol. The van der Waals surface area contributed by atoms with E-state index >= 15 is 0 Å². The second-order valence-electron chi connectivity index (χ2n) is 3.48. The Morgan fingerprint density at radius 1 is 1.57 bits per heavy atom. The molecule has 82 valence electrons. The van der Waals surface area contributed by atoms with Crippen LogP contribution in [0.3, 0.4) is 0 Å². The lowest BCUT2D eigenvalue weighted by Gasteiger charge is -2.25. The molecule has 0 aromatic carbocycles. The standard InChI is InChI=1S/C7H11F3N2O2/c8-7(9,10)6(14)2-1-4(3-6)12-5(11)13/h4,14H,1-3H2,(H3,11,12,13)/t4-,6+/m1/s1. The summed E-state index contributed by atoms with van der Waals surface area (Å²) in [6, 6.07) is -1.57. The quantitative estimate of drug-likeness (QED) is 0.592. The molecule has 1 aliphatic rings. The molecular weight excluding hydrogens is 201 g/mol. The van der Waals surface area contributed by atoms with Crippen LogP contribution in [-0.4, -0.2) is 29.0 Å². The second-order valence-corrected chi connectivity index (χ2v) is 3.48. The Kier molecular flexibility index (Phi) is 2.62. The molecule has 0 unspecified atom stereocenters. The number of nitrogens with one attached hydrogen (secondary N) is 1. The predicted octanol–water partition coefficient (Wildman–Crippen LogP) is 0.501. The van der Waals surface area contributed by atoms with Crippen LogP contribution in [0.1, 0.15) is 19.3 Å². The minimum atomic E-state index is -4.65. The monoisotopic (exact) mass is 212 g/mol. The molecule has 0 saturated heterocycles. The van der Waals surface area contributed by atoms with Crippen LogP contribution in [0.2, 0.25) is 0 Å². The Balaban J connectivity index is 2.60.